The van der Waals surface area contributed by atoms with Gasteiger partial charge in [-0.1, -0.05) is 158 Å². The number of aromatic nitrogens is 4. The summed E-state index contributed by atoms with van der Waals surface area (Å²) in [4.78, 5) is 14.6. The molecule has 7 aromatic rings. The zero-order valence-electron chi connectivity index (χ0n) is 30.8. The molecule has 0 saturated carbocycles. The summed E-state index contributed by atoms with van der Waals surface area (Å²) in [6.07, 6.45) is -0.418. The molecule has 54 heavy (non-hydrogen) atoms. The van der Waals surface area contributed by atoms with E-state index in [0.717, 1.165) is 44.6 Å². The SMILES string of the molecule is CC(C)(C)OC(=O)NCCN(Cc1ccc(-c2ccccc2-c2nnnn2C(c2ccccc2)(c2ccccc2)c2ccccc2)cc1)c1ccccc1. The van der Waals surface area contributed by atoms with Crippen LogP contribution in [0.25, 0.3) is 22.5 Å². The van der Waals surface area contributed by atoms with Crippen LogP contribution in [0.4, 0.5) is 10.5 Å². The van der Waals surface area contributed by atoms with Gasteiger partial charge in [0.1, 0.15) is 11.1 Å². The van der Waals surface area contributed by atoms with Crippen molar-refractivity contribution in [3.63, 3.8) is 0 Å². The van der Waals surface area contributed by atoms with Crippen molar-refractivity contribution < 1.29 is 9.53 Å². The Morgan fingerprint density at radius 3 is 1.69 bits per heavy atom. The van der Waals surface area contributed by atoms with E-state index in [1.165, 1.54) is 0 Å². The number of carbonyl (C=O) groups excluding carboxylic acids is 1. The number of hydrogen-bond acceptors (Lipinski definition) is 6. The fourth-order valence-electron chi connectivity index (χ4n) is 6.97. The Morgan fingerprint density at radius 1 is 0.648 bits per heavy atom. The monoisotopic (exact) mass is 712 g/mol. The van der Waals surface area contributed by atoms with Crippen LogP contribution in [0, 0.1) is 0 Å². The Hall–Kier alpha value is -6.54. The Kier molecular flexibility index (Phi) is 10.6. The number of carbonyl (C=O) groups is 1. The average Bonchev–Trinajstić information content (AvgIpc) is 3.69. The Morgan fingerprint density at radius 2 is 1.15 bits per heavy atom. The Bertz CT molecular complexity index is 2160. The van der Waals surface area contributed by atoms with Gasteiger partial charge in [-0.3, -0.25) is 0 Å². The Balaban J connectivity index is 1.23. The number of amides is 1. The van der Waals surface area contributed by atoms with E-state index in [-0.39, 0.29) is 0 Å². The summed E-state index contributed by atoms with van der Waals surface area (Å²) in [7, 11) is 0. The fraction of sp³-hybridized carbons (Fsp3) is 0.174. The maximum Gasteiger partial charge on any atom is 0.407 e. The maximum atomic E-state index is 12.3. The smallest absolute Gasteiger partial charge is 0.407 e. The highest BCUT2D eigenvalue weighted by Crippen LogP contribution is 2.43. The summed E-state index contributed by atoms with van der Waals surface area (Å²) in [6.45, 7) is 7.30. The molecule has 0 saturated heterocycles. The van der Waals surface area contributed by atoms with Crippen LogP contribution in [0.3, 0.4) is 0 Å². The van der Waals surface area contributed by atoms with Gasteiger partial charge >= 0.3 is 6.09 Å². The molecule has 8 nitrogen and oxygen atoms in total. The molecule has 6 aromatic carbocycles. The van der Waals surface area contributed by atoms with Crippen molar-refractivity contribution in [2.75, 3.05) is 18.0 Å². The molecule has 0 atom stereocenters. The van der Waals surface area contributed by atoms with Crippen LogP contribution in [-0.4, -0.2) is 45.0 Å². The van der Waals surface area contributed by atoms with Gasteiger partial charge in [-0.2, -0.15) is 0 Å². The number of anilines is 1. The lowest BCUT2D eigenvalue weighted by Gasteiger charge is -2.36. The summed E-state index contributed by atoms with van der Waals surface area (Å²) in [6, 6.07) is 58.5. The van der Waals surface area contributed by atoms with Crippen molar-refractivity contribution in [1.82, 2.24) is 25.5 Å². The predicted octanol–water partition coefficient (Wildman–Crippen LogP) is 9.38. The largest absolute Gasteiger partial charge is 0.444 e. The quantitative estimate of drug-likeness (QED) is 0.127. The van der Waals surface area contributed by atoms with Crippen molar-refractivity contribution in [2.45, 2.75) is 38.5 Å². The summed E-state index contributed by atoms with van der Waals surface area (Å²) in [5.74, 6) is 0.652. The van der Waals surface area contributed by atoms with Gasteiger partial charge < -0.3 is 15.0 Å². The highest BCUT2D eigenvalue weighted by molar-refractivity contribution is 5.81. The molecule has 0 radical (unpaired) electrons. The fourth-order valence-corrected chi connectivity index (χ4v) is 6.97. The minimum Gasteiger partial charge on any atom is -0.444 e. The van der Waals surface area contributed by atoms with E-state index in [0.29, 0.717) is 25.5 Å². The van der Waals surface area contributed by atoms with Crippen LogP contribution in [0.5, 0.6) is 0 Å². The molecule has 1 amide bonds. The predicted molar refractivity (Wildman–Crippen MR) is 215 cm³/mol. The molecule has 270 valence electrons. The third-order valence-corrected chi connectivity index (χ3v) is 9.34. The van der Waals surface area contributed by atoms with Crippen LogP contribution in [-0.2, 0) is 16.8 Å². The number of hydrogen-bond donors (Lipinski definition) is 1. The first-order valence-electron chi connectivity index (χ1n) is 18.2. The highest BCUT2D eigenvalue weighted by Gasteiger charge is 2.42. The van der Waals surface area contributed by atoms with Gasteiger partial charge in [-0.05, 0) is 76.7 Å². The van der Waals surface area contributed by atoms with Gasteiger partial charge in [0, 0.05) is 30.9 Å². The molecule has 0 aliphatic rings. The van der Waals surface area contributed by atoms with Crippen LogP contribution in [0.1, 0.15) is 43.0 Å². The van der Waals surface area contributed by atoms with Crippen molar-refractivity contribution >= 4 is 11.8 Å². The molecular formula is C46H44N6O2. The number of rotatable bonds is 12. The van der Waals surface area contributed by atoms with Gasteiger partial charge in [-0.15, -0.1) is 5.10 Å². The number of tetrazole rings is 1. The van der Waals surface area contributed by atoms with Gasteiger partial charge in [0.05, 0.1) is 0 Å². The number of ether oxygens (including phenoxy) is 1. The highest BCUT2D eigenvalue weighted by atomic mass is 16.6. The topological polar surface area (TPSA) is 85.2 Å². The molecule has 0 spiro atoms. The summed E-state index contributed by atoms with van der Waals surface area (Å²) >= 11 is 0. The molecular weight excluding hydrogens is 669 g/mol. The molecule has 0 fully saturated rings. The normalized spacial score (nSPS) is 11.5. The van der Waals surface area contributed by atoms with E-state index in [1.54, 1.807) is 0 Å². The van der Waals surface area contributed by atoms with Gasteiger partial charge in [0.25, 0.3) is 0 Å². The van der Waals surface area contributed by atoms with Gasteiger partial charge in [0.2, 0.25) is 0 Å². The molecule has 1 N–H and O–H groups in total. The van der Waals surface area contributed by atoms with Crippen molar-refractivity contribution in [3.8, 4) is 22.5 Å². The standard InChI is InChI=1S/C46H44N6O2/c1-45(2,3)54-44(53)47-32-33-51(40-24-14-7-15-25-40)34-35-28-30-36(31-29-35)41-26-16-17-27-42(41)43-48-49-50-52(43)46(37-18-8-4-9-19-37,38-20-10-5-11-21-38)39-22-12-6-13-23-39/h4-31H,32-34H2,1-3H3,(H,47,53). The Labute approximate surface area is 317 Å². The molecule has 0 bridgehead atoms. The molecule has 7 rings (SSSR count). The van der Waals surface area contributed by atoms with Gasteiger partial charge in [0.15, 0.2) is 5.82 Å². The third kappa shape index (κ3) is 7.78. The number of nitrogens with one attached hydrogen (secondary N) is 1. The van der Waals surface area contributed by atoms with Crippen LogP contribution < -0.4 is 10.2 Å². The first-order chi connectivity index (χ1) is 26.3. The van der Waals surface area contributed by atoms with Crippen molar-refractivity contribution in [2.24, 2.45) is 0 Å². The maximum absolute atomic E-state index is 12.3. The lowest BCUT2D eigenvalue weighted by molar-refractivity contribution is 0.0529. The number of nitrogens with zero attached hydrogens (tertiary/aromatic N) is 5. The van der Waals surface area contributed by atoms with Crippen molar-refractivity contribution in [3.05, 3.63) is 192 Å². The van der Waals surface area contributed by atoms with E-state index in [2.05, 4.69) is 143 Å². The molecule has 0 unspecified atom stereocenters. The summed E-state index contributed by atoms with van der Waals surface area (Å²) in [5, 5.41) is 16.7. The van der Waals surface area contributed by atoms with E-state index >= 15 is 0 Å². The minimum atomic E-state index is -0.862. The zero-order valence-corrected chi connectivity index (χ0v) is 30.8. The molecule has 8 heteroatoms. The lowest BCUT2D eigenvalue weighted by atomic mass is 9.77. The average molecular weight is 713 g/mol. The van der Waals surface area contributed by atoms with E-state index < -0.39 is 17.2 Å². The lowest BCUT2D eigenvalue weighted by Crippen LogP contribution is -2.39. The number of para-hydroxylation sites is 1. The first-order valence-corrected chi connectivity index (χ1v) is 18.2. The van der Waals surface area contributed by atoms with Crippen molar-refractivity contribution in [1.29, 1.82) is 0 Å². The molecule has 0 aliphatic heterocycles. The summed E-state index contributed by atoms with van der Waals surface area (Å²) in [5.41, 5.74) is 6.91. The third-order valence-electron chi connectivity index (χ3n) is 9.34. The van der Waals surface area contributed by atoms with Crippen LogP contribution >= 0.6 is 0 Å². The molecule has 0 aliphatic carbocycles. The first kappa shape index (κ1) is 35.8. The van der Waals surface area contributed by atoms with Gasteiger partial charge in [-0.25, -0.2) is 9.48 Å². The number of alkyl carbamates (subject to hydrolysis) is 1. The van der Waals surface area contributed by atoms with Crippen LogP contribution in [0.15, 0.2) is 170 Å². The second kappa shape index (κ2) is 16.0. The minimum absolute atomic E-state index is 0.418. The molecule has 1 aromatic heterocycles. The second-order valence-electron chi connectivity index (χ2n) is 14.2. The van der Waals surface area contributed by atoms with E-state index in [9.17, 15) is 4.79 Å². The number of benzene rings is 6. The van der Waals surface area contributed by atoms with E-state index in [1.807, 2.05) is 67.9 Å². The molecule has 1 heterocycles. The second-order valence-corrected chi connectivity index (χ2v) is 14.2. The zero-order chi connectivity index (χ0) is 37.4. The van der Waals surface area contributed by atoms with Crippen LogP contribution in [0.2, 0.25) is 0 Å². The van der Waals surface area contributed by atoms with E-state index in [4.69, 9.17) is 15.0 Å². The summed E-state index contributed by atoms with van der Waals surface area (Å²) < 4.78 is 7.42.